The van der Waals surface area contributed by atoms with Gasteiger partial charge < -0.3 is 9.80 Å². The molecule has 1 saturated heterocycles. The van der Waals surface area contributed by atoms with Gasteiger partial charge in [0.15, 0.2) is 0 Å². The predicted octanol–water partition coefficient (Wildman–Crippen LogP) is 3.80. The van der Waals surface area contributed by atoms with Crippen molar-refractivity contribution in [3.05, 3.63) is 83.2 Å². The number of hydrogen-bond acceptors (Lipinski definition) is 3. The molecule has 6 nitrogen and oxygen atoms in total. The summed E-state index contributed by atoms with van der Waals surface area (Å²) in [6.07, 6.45) is -2.73. The lowest BCUT2D eigenvalue weighted by Gasteiger charge is -2.35. The summed E-state index contributed by atoms with van der Waals surface area (Å²) in [5, 5.41) is 4.25. The van der Waals surface area contributed by atoms with Gasteiger partial charge in [0.05, 0.1) is 11.3 Å². The van der Waals surface area contributed by atoms with Gasteiger partial charge in [-0.05, 0) is 61.5 Å². The van der Waals surface area contributed by atoms with Gasteiger partial charge in [-0.15, -0.1) is 0 Å². The molecule has 9 heteroatoms. The first kappa shape index (κ1) is 21.6. The maximum absolute atomic E-state index is 12.8. The molecule has 32 heavy (non-hydrogen) atoms. The van der Waals surface area contributed by atoms with Crippen LogP contribution in [0.2, 0.25) is 0 Å². The minimum absolute atomic E-state index is 0.129. The first-order valence-electron chi connectivity index (χ1n) is 10.1. The van der Waals surface area contributed by atoms with Crippen LogP contribution in [0.1, 0.15) is 32.0 Å². The minimum atomic E-state index is -4.44. The van der Waals surface area contributed by atoms with Gasteiger partial charge in [0, 0.05) is 49.2 Å². The Hall–Kier alpha value is -3.62. The summed E-state index contributed by atoms with van der Waals surface area (Å²) in [6, 6.07) is 13.2. The molecule has 0 bridgehead atoms. The summed E-state index contributed by atoms with van der Waals surface area (Å²) in [7, 11) is 0. The standard InChI is InChI=1S/C23H21F3N4O2/c1-16-10-11-27-30(16)20-8-4-18(5-9-20)22(32)29-14-12-28(13-15-29)21(31)17-2-6-19(7-3-17)23(24,25)26/h2-11H,12-15H2,1H3. The number of carbonyl (C=O) groups is 2. The number of alkyl halides is 3. The second-order valence-corrected chi connectivity index (χ2v) is 7.59. The Bertz CT molecular complexity index is 1110. The molecule has 0 spiro atoms. The van der Waals surface area contributed by atoms with Crippen LogP contribution in [0.25, 0.3) is 5.69 Å². The van der Waals surface area contributed by atoms with E-state index in [0.29, 0.717) is 31.7 Å². The van der Waals surface area contributed by atoms with Crippen LogP contribution in [-0.4, -0.2) is 57.6 Å². The summed E-state index contributed by atoms with van der Waals surface area (Å²) in [4.78, 5) is 28.7. The molecule has 0 aliphatic carbocycles. The largest absolute Gasteiger partial charge is 0.416 e. The van der Waals surface area contributed by atoms with E-state index in [1.165, 1.54) is 12.1 Å². The molecule has 2 amide bonds. The van der Waals surface area contributed by atoms with E-state index in [2.05, 4.69) is 5.10 Å². The number of amides is 2. The van der Waals surface area contributed by atoms with E-state index < -0.39 is 11.7 Å². The van der Waals surface area contributed by atoms with Gasteiger partial charge in [-0.1, -0.05) is 0 Å². The third kappa shape index (κ3) is 4.37. The number of hydrogen-bond donors (Lipinski definition) is 0. The zero-order valence-electron chi connectivity index (χ0n) is 17.3. The molecular formula is C23H21F3N4O2. The van der Waals surface area contributed by atoms with Crippen molar-refractivity contribution in [2.45, 2.75) is 13.1 Å². The van der Waals surface area contributed by atoms with Crippen LogP contribution in [0, 0.1) is 6.92 Å². The van der Waals surface area contributed by atoms with Gasteiger partial charge >= 0.3 is 6.18 Å². The predicted molar refractivity (Wildman–Crippen MR) is 112 cm³/mol. The Morgan fingerprint density at radius 1 is 0.781 bits per heavy atom. The monoisotopic (exact) mass is 442 g/mol. The molecule has 1 aromatic heterocycles. The molecule has 2 heterocycles. The average molecular weight is 442 g/mol. The second-order valence-electron chi connectivity index (χ2n) is 7.59. The van der Waals surface area contributed by atoms with Crippen molar-refractivity contribution in [2.24, 2.45) is 0 Å². The van der Waals surface area contributed by atoms with Crippen molar-refractivity contribution in [2.75, 3.05) is 26.2 Å². The number of benzene rings is 2. The SMILES string of the molecule is Cc1ccnn1-c1ccc(C(=O)N2CCN(C(=O)c3ccc(C(F)(F)F)cc3)CC2)cc1. The summed E-state index contributed by atoms with van der Waals surface area (Å²) >= 11 is 0. The number of rotatable bonds is 3. The fourth-order valence-corrected chi connectivity index (χ4v) is 3.66. The van der Waals surface area contributed by atoms with Gasteiger partial charge in [-0.25, -0.2) is 4.68 Å². The van der Waals surface area contributed by atoms with E-state index >= 15 is 0 Å². The molecule has 0 radical (unpaired) electrons. The third-order valence-corrected chi connectivity index (χ3v) is 5.50. The maximum Gasteiger partial charge on any atom is 0.416 e. The molecule has 2 aromatic carbocycles. The molecule has 1 aliphatic rings. The van der Waals surface area contributed by atoms with E-state index in [0.717, 1.165) is 23.5 Å². The summed E-state index contributed by atoms with van der Waals surface area (Å²) in [5.41, 5.74) is 1.79. The van der Waals surface area contributed by atoms with Gasteiger partial charge in [-0.3, -0.25) is 9.59 Å². The molecule has 166 valence electrons. The second kappa shape index (κ2) is 8.49. The lowest BCUT2D eigenvalue weighted by molar-refractivity contribution is -0.137. The summed E-state index contributed by atoms with van der Waals surface area (Å²) < 4.78 is 39.9. The molecule has 3 aromatic rings. The highest BCUT2D eigenvalue weighted by molar-refractivity contribution is 5.96. The topological polar surface area (TPSA) is 58.4 Å². The van der Waals surface area contributed by atoms with Crippen molar-refractivity contribution in [1.29, 1.82) is 0 Å². The van der Waals surface area contributed by atoms with Gasteiger partial charge in [-0.2, -0.15) is 18.3 Å². The molecule has 0 atom stereocenters. The smallest absolute Gasteiger partial charge is 0.335 e. The highest BCUT2D eigenvalue weighted by Crippen LogP contribution is 2.29. The fraction of sp³-hybridized carbons (Fsp3) is 0.261. The van der Waals surface area contributed by atoms with Crippen LogP contribution in [0.3, 0.4) is 0 Å². The Labute approximate surface area is 182 Å². The van der Waals surface area contributed by atoms with Crippen LogP contribution in [0.4, 0.5) is 13.2 Å². The third-order valence-electron chi connectivity index (χ3n) is 5.50. The highest BCUT2D eigenvalue weighted by atomic mass is 19.4. The van der Waals surface area contributed by atoms with Crippen LogP contribution >= 0.6 is 0 Å². The van der Waals surface area contributed by atoms with Crippen molar-refractivity contribution >= 4 is 11.8 Å². The first-order valence-corrected chi connectivity index (χ1v) is 10.1. The Morgan fingerprint density at radius 3 is 1.66 bits per heavy atom. The highest BCUT2D eigenvalue weighted by Gasteiger charge is 2.31. The normalized spacial score (nSPS) is 14.5. The summed E-state index contributed by atoms with van der Waals surface area (Å²) in [6.45, 7) is 3.28. The van der Waals surface area contributed by atoms with Crippen LogP contribution in [0.15, 0.2) is 60.8 Å². The van der Waals surface area contributed by atoms with Gasteiger partial charge in [0.1, 0.15) is 0 Å². The van der Waals surface area contributed by atoms with E-state index in [1.54, 1.807) is 32.8 Å². The number of piperazine rings is 1. The van der Waals surface area contributed by atoms with Crippen LogP contribution in [0.5, 0.6) is 0 Å². The number of aryl methyl sites for hydroxylation is 1. The minimum Gasteiger partial charge on any atom is -0.335 e. The zero-order valence-corrected chi connectivity index (χ0v) is 17.3. The molecule has 0 unspecified atom stereocenters. The molecule has 4 rings (SSSR count). The van der Waals surface area contributed by atoms with Crippen molar-refractivity contribution < 1.29 is 22.8 Å². The molecule has 0 saturated carbocycles. The quantitative estimate of drug-likeness (QED) is 0.620. The zero-order chi connectivity index (χ0) is 22.9. The maximum atomic E-state index is 12.8. The van der Waals surface area contributed by atoms with E-state index in [1.807, 2.05) is 25.1 Å². The fourth-order valence-electron chi connectivity index (χ4n) is 3.66. The van der Waals surface area contributed by atoms with Crippen LogP contribution < -0.4 is 0 Å². The molecule has 0 N–H and O–H groups in total. The molecule has 1 fully saturated rings. The number of carbonyl (C=O) groups excluding carboxylic acids is 2. The number of nitrogens with zero attached hydrogens (tertiary/aromatic N) is 4. The Balaban J connectivity index is 1.36. The number of halogens is 3. The van der Waals surface area contributed by atoms with E-state index in [9.17, 15) is 22.8 Å². The van der Waals surface area contributed by atoms with E-state index in [-0.39, 0.29) is 17.4 Å². The van der Waals surface area contributed by atoms with E-state index in [4.69, 9.17) is 0 Å². The van der Waals surface area contributed by atoms with Gasteiger partial charge in [0.2, 0.25) is 0 Å². The van der Waals surface area contributed by atoms with Crippen molar-refractivity contribution in [3.63, 3.8) is 0 Å². The average Bonchev–Trinajstić information content (AvgIpc) is 3.23. The van der Waals surface area contributed by atoms with Crippen molar-refractivity contribution in [1.82, 2.24) is 19.6 Å². The first-order chi connectivity index (χ1) is 15.2. The lowest BCUT2D eigenvalue weighted by Crippen LogP contribution is -2.50. The van der Waals surface area contributed by atoms with Crippen LogP contribution in [-0.2, 0) is 6.18 Å². The van der Waals surface area contributed by atoms with Crippen molar-refractivity contribution in [3.8, 4) is 5.69 Å². The Kier molecular flexibility index (Phi) is 5.73. The summed E-state index contributed by atoms with van der Waals surface area (Å²) in [5.74, 6) is -0.472. The molecular weight excluding hydrogens is 421 g/mol. The molecule has 1 aliphatic heterocycles. The number of aromatic nitrogens is 2. The van der Waals surface area contributed by atoms with Gasteiger partial charge in [0.25, 0.3) is 11.8 Å². The lowest BCUT2D eigenvalue weighted by atomic mass is 10.1. The Morgan fingerprint density at radius 2 is 1.25 bits per heavy atom.